The molecule has 1 heterocycles. The molecule has 0 radical (unpaired) electrons. The maximum absolute atomic E-state index is 11.0. The summed E-state index contributed by atoms with van der Waals surface area (Å²) in [5, 5.41) is 0. The molecule has 1 aromatic heterocycles. The average Bonchev–Trinajstić information content (AvgIpc) is 2.14. The van der Waals surface area contributed by atoms with Crippen LogP contribution in [-0.2, 0) is 11.2 Å². The van der Waals surface area contributed by atoms with Crippen molar-refractivity contribution in [3.8, 4) is 0 Å². The zero-order valence-corrected chi connectivity index (χ0v) is 8.53. The highest BCUT2D eigenvalue weighted by atomic mass is 16.1. The van der Waals surface area contributed by atoms with E-state index in [4.69, 9.17) is 5.73 Å². The highest BCUT2D eigenvalue weighted by Gasteiger charge is 2.14. The van der Waals surface area contributed by atoms with E-state index < -0.39 is 0 Å². The summed E-state index contributed by atoms with van der Waals surface area (Å²) in [7, 11) is 0. The van der Waals surface area contributed by atoms with Gasteiger partial charge < -0.3 is 5.73 Å². The quantitative estimate of drug-likeness (QED) is 0.770. The van der Waals surface area contributed by atoms with Crippen molar-refractivity contribution in [2.24, 2.45) is 11.7 Å². The Kier molecular flexibility index (Phi) is 3.56. The fourth-order valence-electron chi connectivity index (χ4n) is 1.32. The Morgan fingerprint density at radius 2 is 2.36 bits per heavy atom. The summed E-state index contributed by atoms with van der Waals surface area (Å²) in [6.07, 6.45) is 3.05. The third kappa shape index (κ3) is 2.80. The van der Waals surface area contributed by atoms with Gasteiger partial charge in [0, 0.05) is 24.2 Å². The molecule has 0 saturated heterocycles. The van der Waals surface area contributed by atoms with Crippen LogP contribution in [0.3, 0.4) is 0 Å². The fourth-order valence-corrected chi connectivity index (χ4v) is 1.32. The summed E-state index contributed by atoms with van der Waals surface area (Å²) in [6.45, 7) is 3.78. The summed E-state index contributed by atoms with van der Waals surface area (Å²) in [5.41, 5.74) is 6.13. The monoisotopic (exact) mass is 193 g/mol. The van der Waals surface area contributed by atoms with E-state index in [1.165, 1.54) is 0 Å². The molecule has 0 aromatic carbocycles. The summed E-state index contributed by atoms with van der Waals surface area (Å²) in [4.78, 5) is 19.2. The van der Waals surface area contributed by atoms with Gasteiger partial charge in [-0.1, -0.05) is 6.92 Å². The lowest BCUT2D eigenvalue weighted by molar-refractivity contribution is -0.121. The number of carbonyl (C=O) groups is 1. The summed E-state index contributed by atoms with van der Waals surface area (Å²) < 4.78 is 0. The molecule has 14 heavy (non-hydrogen) atoms. The number of amides is 1. The van der Waals surface area contributed by atoms with E-state index in [2.05, 4.69) is 9.97 Å². The number of nitrogens with zero attached hydrogens (tertiary/aromatic N) is 2. The van der Waals surface area contributed by atoms with Gasteiger partial charge in [-0.05, 0) is 19.4 Å². The van der Waals surface area contributed by atoms with Crippen LogP contribution in [-0.4, -0.2) is 15.9 Å². The first-order chi connectivity index (χ1) is 6.63. The number of carbonyl (C=O) groups excluding carboxylic acids is 1. The lowest BCUT2D eigenvalue weighted by Crippen LogP contribution is -2.24. The van der Waals surface area contributed by atoms with Crippen molar-refractivity contribution in [1.82, 2.24) is 9.97 Å². The largest absolute Gasteiger partial charge is 0.369 e. The van der Waals surface area contributed by atoms with E-state index in [0.29, 0.717) is 6.42 Å². The Morgan fingerprint density at radius 3 is 2.86 bits per heavy atom. The summed E-state index contributed by atoms with van der Waals surface area (Å²) in [5.74, 6) is 0.342. The Morgan fingerprint density at radius 1 is 1.64 bits per heavy atom. The number of primary amides is 1. The summed E-state index contributed by atoms with van der Waals surface area (Å²) in [6, 6.07) is 1.82. The molecule has 0 bridgehead atoms. The van der Waals surface area contributed by atoms with Crippen LogP contribution in [0.5, 0.6) is 0 Å². The second-order valence-electron chi connectivity index (χ2n) is 3.31. The van der Waals surface area contributed by atoms with E-state index in [-0.39, 0.29) is 11.8 Å². The highest BCUT2D eigenvalue weighted by molar-refractivity contribution is 5.76. The molecule has 1 amide bonds. The average molecular weight is 193 g/mol. The number of hydrogen-bond donors (Lipinski definition) is 1. The minimum atomic E-state index is -0.260. The second-order valence-corrected chi connectivity index (χ2v) is 3.31. The maximum Gasteiger partial charge on any atom is 0.220 e. The SMILES string of the molecule is CCC(Cc1ccnc(C)n1)C(N)=O. The Balaban J connectivity index is 2.72. The molecule has 0 fully saturated rings. The minimum Gasteiger partial charge on any atom is -0.369 e. The Bertz CT molecular complexity index is 325. The van der Waals surface area contributed by atoms with E-state index in [9.17, 15) is 4.79 Å². The van der Waals surface area contributed by atoms with Gasteiger partial charge in [-0.3, -0.25) is 4.79 Å². The number of nitrogens with two attached hydrogens (primary N) is 1. The van der Waals surface area contributed by atoms with Gasteiger partial charge in [0.1, 0.15) is 5.82 Å². The van der Waals surface area contributed by atoms with E-state index in [0.717, 1.165) is 17.9 Å². The fraction of sp³-hybridized carbons (Fsp3) is 0.500. The molecule has 2 N–H and O–H groups in total. The van der Waals surface area contributed by atoms with Gasteiger partial charge in [0.05, 0.1) is 0 Å². The van der Waals surface area contributed by atoms with Crippen molar-refractivity contribution < 1.29 is 4.79 Å². The van der Waals surface area contributed by atoms with Crippen molar-refractivity contribution in [2.45, 2.75) is 26.7 Å². The van der Waals surface area contributed by atoms with Crippen molar-refractivity contribution in [3.63, 3.8) is 0 Å². The number of rotatable bonds is 4. The van der Waals surface area contributed by atoms with Crippen LogP contribution >= 0.6 is 0 Å². The van der Waals surface area contributed by atoms with Gasteiger partial charge in [0.15, 0.2) is 0 Å². The van der Waals surface area contributed by atoms with E-state index in [1.807, 2.05) is 19.9 Å². The lowest BCUT2D eigenvalue weighted by Gasteiger charge is -2.09. The molecule has 1 rings (SSSR count). The van der Waals surface area contributed by atoms with Crippen molar-refractivity contribution in [2.75, 3.05) is 0 Å². The van der Waals surface area contributed by atoms with E-state index >= 15 is 0 Å². The van der Waals surface area contributed by atoms with Gasteiger partial charge in [0.25, 0.3) is 0 Å². The molecular weight excluding hydrogens is 178 g/mol. The molecule has 1 unspecified atom stereocenters. The van der Waals surface area contributed by atoms with Gasteiger partial charge in [-0.2, -0.15) is 0 Å². The zero-order valence-electron chi connectivity index (χ0n) is 8.53. The van der Waals surface area contributed by atoms with Crippen LogP contribution < -0.4 is 5.73 Å². The maximum atomic E-state index is 11.0. The van der Waals surface area contributed by atoms with Crippen LogP contribution in [0.2, 0.25) is 0 Å². The highest BCUT2D eigenvalue weighted by Crippen LogP contribution is 2.09. The second kappa shape index (κ2) is 4.69. The predicted molar refractivity (Wildman–Crippen MR) is 53.4 cm³/mol. The van der Waals surface area contributed by atoms with Gasteiger partial charge in [-0.15, -0.1) is 0 Å². The molecule has 0 aliphatic rings. The molecule has 1 atom stereocenters. The number of aromatic nitrogens is 2. The van der Waals surface area contributed by atoms with Crippen molar-refractivity contribution >= 4 is 5.91 Å². The third-order valence-corrected chi connectivity index (χ3v) is 2.18. The molecule has 76 valence electrons. The molecule has 0 aliphatic heterocycles. The summed E-state index contributed by atoms with van der Waals surface area (Å²) >= 11 is 0. The molecule has 0 spiro atoms. The van der Waals surface area contributed by atoms with Crippen LogP contribution in [0.25, 0.3) is 0 Å². The lowest BCUT2D eigenvalue weighted by atomic mass is 10.00. The van der Waals surface area contributed by atoms with Crippen LogP contribution in [0.15, 0.2) is 12.3 Å². The number of aryl methyl sites for hydroxylation is 1. The van der Waals surface area contributed by atoms with Crippen molar-refractivity contribution in [3.05, 3.63) is 23.8 Å². The third-order valence-electron chi connectivity index (χ3n) is 2.18. The molecular formula is C10H15N3O. The van der Waals surface area contributed by atoms with Gasteiger partial charge in [0.2, 0.25) is 5.91 Å². The first-order valence-corrected chi connectivity index (χ1v) is 4.71. The van der Waals surface area contributed by atoms with Crippen LogP contribution in [0.4, 0.5) is 0 Å². The van der Waals surface area contributed by atoms with Gasteiger partial charge >= 0.3 is 0 Å². The van der Waals surface area contributed by atoms with Gasteiger partial charge in [-0.25, -0.2) is 9.97 Å². The molecule has 1 aromatic rings. The number of hydrogen-bond acceptors (Lipinski definition) is 3. The Labute approximate surface area is 83.6 Å². The topological polar surface area (TPSA) is 68.9 Å². The first kappa shape index (κ1) is 10.6. The first-order valence-electron chi connectivity index (χ1n) is 4.71. The standard InChI is InChI=1S/C10H15N3O/c1-3-8(10(11)14)6-9-4-5-12-7(2)13-9/h4-5,8H,3,6H2,1-2H3,(H2,11,14). The normalized spacial score (nSPS) is 12.4. The molecule has 4 heteroatoms. The Hall–Kier alpha value is -1.45. The zero-order chi connectivity index (χ0) is 10.6. The molecule has 0 aliphatic carbocycles. The van der Waals surface area contributed by atoms with Crippen LogP contribution in [0, 0.1) is 12.8 Å². The van der Waals surface area contributed by atoms with Crippen LogP contribution in [0.1, 0.15) is 24.9 Å². The smallest absolute Gasteiger partial charge is 0.220 e. The molecule has 4 nitrogen and oxygen atoms in total. The van der Waals surface area contributed by atoms with E-state index in [1.54, 1.807) is 6.20 Å². The predicted octanol–water partition coefficient (Wildman–Crippen LogP) is 0.839. The minimum absolute atomic E-state index is 0.121. The molecule has 0 saturated carbocycles. The van der Waals surface area contributed by atoms with Crippen molar-refractivity contribution in [1.29, 1.82) is 0 Å².